The second-order valence-electron chi connectivity index (χ2n) is 48.1. The Hall–Kier alpha value is -1.000. The van der Waals surface area contributed by atoms with Gasteiger partial charge in [-0.1, -0.05) is 243 Å². The molecule has 10 heteroatoms. The van der Waals surface area contributed by atoms with E-state index < -0.39 is 6.18 Å². The van der Waals surface area contributed by atoms with Gasteiger partial charge in [0.2, 0.25) is 0 Å². The summed E-state index contributed by atoms with van der Waals surface area (Å²) in [5.41, 5.74) is 3.44. The van der Waals surface area contributed by atoms with Crippen LogP contribution >= 0.6 is 11.8 Å². The van der Waals surface area contributed by atoms with Crippen LogP contribution in [0.25, 0.3) is 0 Å². The number of methoxy groups -OCH3 is 4. The maximum absolute atomic E-state index is 11.8. The second kappa shape index (κ2) is 57.7. The van der Waals surface area contributed by atoms with Crippen LogP contribution < -0.4 is 0 Å². The molecule has 6 nitrogen and oxygen atoms in total. The number of ether oxygens (including phenoxy) is 4. The standard InChI is InChI=1S/C15H26.C14H24.C13H22.C12H18O2.C12H20.C8H14O2.C8H16O.C8H16S.C5H12O.C5H12.C4H10.C2H3F3.4C2H6/c1-3-4-5-15(2)13-7-11-6-12(9-13)10-14(15)8-11;1-3-4-14(2)12-6-10-5-11(8-12)9-13(14)7-10;1-3-13(2)11-5-9-4-10(7-11)8-12(13)6-9;1-14-11(13)12-5-8-2-9(6-12)4-10(3-8)7-12;1-12(2)10-4-8-3-9(6-10)7-11(12)5-8;1-10-8(9)7-5-3-2-4-6-7;2*1-9-7-8-5-3-2-4-6-8;1-5(2,3)6-4;1-5(2,3)4;1-4(2)3;1-2(3,4)5;4*1-2/h11-14H,3-10H2,1-2H3;10-13H,3-9H2,1-2H3;9-12H,3-8H2,1-2H3;8-10H,2-7H2,1H3;8-11H,3-7H2,1-2H3;7H,2-6H2,1H3;2*8H,2-7H2,1H3;1-4H3;1-4H3;4H,1-3H3;1H3;4*1-2H3. The topological polar surface area (TPSA) is 71.1 Å². The molecule has 0 aromatic rings. The summed E-state index contributed by atoms with van der Waals surface area (Å²) in [6.07, 6.45) is 66.4. The maximum Gasteiger partial charge on any atom is 0.386 e. The Bertz CT molecular complexity index is 2530. The first kappa shape index (κ1) is 117. The summed E-state index contributed by atoms with van der Waals surface area (Å²) in [5, 5.41) is 0. The van der Waals surface area contributed by atoms with Gasteiger partial charge in [-0.2, -0.15) is 24.9 Å². The van der Waals surface area contributed by atoms with Crippen molar-refractivity contribution in [2.45, 2.75) is 500 Å². The molecule has 0 aromatic carbocycles. The van der Waals surface area contributed by atoms with E-state index in [2.05, 4.69) is 115 Å². The van der Waals surface area contributed by atoms with Crippen LogP contribution in [0.3, 0.4) is 0 Å². The Morgan fingerprint density at radius 3 is 0.903 bits per heavy atom. The van der Waals surface area contributed by atoms with Crippen molar-refractivity contribution in [1.82, 2.24) is 0 Å². The molecule has 20 bridgehead atoms. The average Bonchev–Trinajstić information content (AvgIpc) is 0.759. The summed E-state index contributed by atoms with van der Waals surface area (Å²) in [6, 6.07) is 0. The highest BCUT2D eigenvalue weighted by Gasteiger charge is 2.59. The molecular weight excluding hydrogens is 1550 g/mol. The Morgan fingerprint density at radius 2 is 0.653 bits per heavy atom. The third kappa shape index (κ3) is 38.4. The molecule has 0 amide bonds. The zero-order valence-electron chi connectivity index (χ0n) is 88.9. The smallest absolute Gasteiger partial charge is 0.386 e. The van der Waals surface area contributed by atoms with Gasteiger partial charge in [0, 0.05) is 27.8 Å². The molecule has 0 spiro atoms. The quantitative estimate of drug-likeness (QED) is 0.180. The number of unbranched alkanes of at least 4 members (excludes halogenated alkanes) is 1. The minimum absolute atomic E-state index is 0.0142. The highest BCUT2D eigenvalue weighted by molar-refractivity contribution is 7.98. The van der Waals surface area contributed by atoms with E-state index in [0.29, 0.717) is 10.8 Å². The second-order valence-corrected chi connectivity index (χ2v) is 49.0. The number of hydrogen-bond acceptors (Lipinski definition) is 7. The number of alkyl halides is 3. The lowest BCUT2D eigenvalue weighted by Gasteiger charge is -2.60. The fourth-order valence-corrected chi connectivity index (χ4v) is 29.7. The van der Waals surface area contributed by atoms with Crippen LogP contribution in [0.1, 0.15) is 489 Å². The van der Waals surface area contributed by atoms with Gasteiger partial charge in [-0.15, -0.1) is 0 Å². The Balaban J connectivity index is 0.000000352. The first-order chi connectivity index (χ1) is 58.5. The molecule has 124 heavy (non-hydrogen) atoms. The molecule has 0 radical (unpaired) electrons. The van der Waals surface area contributed by atoms with Gasteiger partial charge in [-0.25, -0.2) is 0 Å². The number of rotatable bonds is 12. The highest BCUT2D eigenvalue weighted by Crippen LogP contribution is 2.68. The largest absolute Gasteiger partial charge is 0.469 e. The average molecular weight is 1770 g/mol. The minimum Gasteiger partial charge on any atom is -0.469 e. The van der Waals surface area contributed by atoms with E-state index in [1.807, 2.05) is 87.9 Å². The van der Waals surface area contributed by atoms with Gasteiger partial charge in [0.15, 0.2) is 0 Å². The normalized spacial score (nSPS) is 36.5. The van der Waals surface area contributed by atoms with Crippen molar-refractivity contribution in [2.75, 3.05) is 47.1 Å². The van der Waals surface area contributed by atoms with Gasteiger partial charge in [0.25, 0.3) is 0 Å². The third-order valence-electron chi connectivity index (χ3n) is 34.5. The summed E-state index contributed by atoms with van der Waals surface area (Å²) in [4.78, 5) is 22.8. The van der Waals surface area contributed by atoms with Crippen molar-refractivity contribution in [2.24, 2.45) is 169 Å². The van der Waals surface area contributed by atoms with E-state index in [-0.39, 0.29) is 35.8 Å². The van der Waals surface area contributed by atoms with Gasteiger partial charge >= 0.3 is 18.1 Å². The van der Waals surface area contributed by atoms with Crippen LogP contribution in [0.4, 0.5) is 13.2 Å². The molecule has 0 saturated heterocycles. The molecular formula is C114H217F3O6S. The van der Waals surface area contributed by atoms with E-state index >= 15 is 0 Å². The number of esters is 2. The molecule has 0 N–H and O–H groups in total. The van der Waals surface area contributed by atoms with E-state index in [4.69, 9.17) is 14.2 Å². The monoisotopic (exact) mass is 1770 g/mol. The Kier molecular flexibility index (Phi) is 54.5. The third-order valence-corrected chi connectivity index (χ3v) is 35.3. The van der Waals surface area contributed by atoms with Crippen molar-refractivity contribution in [3.05, 3.63) is 0 Å². The molecule has 0 aromatic heterocycles. The first-order valence-corrected chi connectivity index (χ1v) is 55.7. The summed E-state index contributed by atoms with van der Waals surface area (Å²) >= 11 is 2.01. The van der Waals surface area contributed by atoms with Gasteiger partial charge in [-0.3, -0.25) is 9.59 Å². The predicted molar refractivity (Wildman–Crippen MR) is 535 cm³/mol. The van der Waals surface area contributed by atoms with Gasteiger partial charge < -0.3 is 18.9 Å². The molecule has 23 aliphatic rings. The number of carbonyl (C=O) groups excluding carboxylic acids is 2. The molecule has 23 aliphatic carbocycles. The molecule has 0 unspecified atom stereocenters. The number of carbonyl (C=O) groups is 2. The number of thioether (sulfide) groups is 1. The van der Waals surface area contributed by atoms with Crippen LogP contribution in [-0.2, 0) is 28.5 Å². The lowest BCUT2D eigenvalue weighted by Crippen LogP contribution is -2.51. The summed E-state index contributed by atoms with van der Waals surface area (Å²) in [5.74, 6) is 24.9. The molecule has 736 valence electrons. The summed E-state index contributed by atoms with van der Waals surface area (Å²) < 4.78 is 50.7. The summed E-state index contributed by atoms with van der Waals surface area (Å²) in [7, 11) is 6.52. The number of halogens is 3. The predicted octanol–water partition coefficient (Wildman–Crippen LogP) is 36.3. The SMILES string of the molecule is CC.CC.CC.CC.CC(C)(C)C.CC(C)C.CC(F)(F)F.CC1(C)C2CC3CC(C2)CC1C3.CCC1(C)C2CC3CC(C2)CC1C3.CCCC1(C)C2CC3CC(C2)CC1C3.CCCCC1(C)C2CC3CC(C2)CC1C3.COC(=O)C12CC3CC(CC(C3)C1)C2.COC(=O)C1CCCCC1.COC(C)(C)C.COCC1CCCCC1.CSCC1CCCCC1. The zero-order chi connectivity index (χ0) is 93.6. The Morgan fingerprint density at radius 1 is 0.387 bits per heavy atom. The minimum atomic E-state index is -4.00. The van der Waals surface area contributed by atoms with Crippen molar-refractivity contribution >= 4 is 23.7 Å². The van der Waals surface area contributed by atoms with Crippen molar-refractivity contribution in [3.8, 4) is 0 Å². The summed E-state index contributed by atoms with van der Waals surface area (Å²) in [6.45, 7) is 58.5. The molecule has 0 atom stereocenters. The molecule has 23 fully saturated rings. The molecule has 0 aliphatic heterocycles. The maximum atomic E-state index is 11.8. The Labute approximate surface area is 776 Å². The lowest BCUT2D eigenvalue weighted by atomic mass is 9.45. The van der Waals surface area contributed by atoms with E-state index in [9.17, 15) is 22.8 Å². The van der Waals surface area contributed by atoms with Crippen LogP contribution in [-0.4, -0.2) is 70.8 Å². The van der Waals surface area contributed by atoms with E-state index in [1.165, 1.54) is 154 Å². The fourth-order valence-electron chi connectivity index (χ4n) is 28.9. The first-order valence-electron chi connectivity index (χ1n) is 54.3. The van der Waals surface area contributed by atoms with Gasteiger partial charge in [0.05, 0.1) is 31.2 Å². The van der Waals surface area contributed by atoms with Gasteiger partial charge in [-0.05, 0) is 408 Å². The number of hydrogen-bond donors (Lipinski definition) is 0. The highest BCUT2D eigenvalue weighted by atomic mass is 32.2. The van der Waals surface area contributed by atoms with Crippen molar-refractivity contribution in [1.29, 1.82) is 0 Å². The van der Waals surface area contributed by atoms with Gasteiger partial charge in [0.1, 0.15) is 0 Å². The molecule has 23 saturated carbocycles. The zero-order valence-corrected chi connectivity index (χ0v) is 89.7. The fraction of sp³-hybridized carbons (Fsp3) is 0.982. The van der Waals surface area contributed by atoms with E-state index in [0.717, 1.165) is 185 Å². The van der Waals surface area contributed by atoms with Crippen LogP contribution in [0.2, 0.25) is 0 Å². The van der Waals surface area contributed by atoms with Crippen molar-refractivity contribution < 1.29 is 41.7 Å². The van der Waals surface area contributed by atoms with Crippen LogP contribution in [0, 0.1) is 169 Å². The lowest BCUT2D eigenvalue weighted by molar-refractivity contribution is -0.168. The van der Waals surface area contributed by atoms with Crippen LogP contribution in [0.15, 0.2) is 0 Å². The molecule has 23 rings (SSSR count). The van der Waals surface area contributed by atoms with Crippen LogP contribution in [0.5, 0.6) is 0 Å². The molecule has 0 heterocycles. The van der Waals surface area contributed by atoms with E-state index in [1.54, 1.807) is 150 Å². The van der Waals surface area contributed by atoms with Crippen molar-refractivity contribution in [3.63, 3.8) is 0 Å².